The summed E-state index contributed by atoms with van der Waals surface area (Å²) in [6.45, 7) is 8.15. The molecular weight excluding hydrogens is 260 g/mol. The van der Waals surface area contributed by atoms with Crippen LogP contribution >= 0.6 is 11.6 Å². The summed E-state index contributed by atoms with van der Waals surface area (Å²) in [5.74, 6) is 1.76. The highest BCUT2D eigenvalue weighted by Crippen LogP contribution is 2.27. The van der Waals surface area contributed by atoms with E-state index in [1.165, 1.54) is 5.56 Å². The lowest BCUT2D eigenvalue weighted by Crippen LogP contribution is -1.97. The first-order valence-electron chi connectivity index (χ1n) is 6.26. The fourth-order valence-corrected chi connectivity index (χ4v) is 1.86. The maximum atomic E-state index is 5.92. The van der Waals surface area contributed by atoms with Crippen molar-refractivity contribution in [2.45, 2.75) is 33.6 Å². The molecular formula is C15H17ClN2O. The lowest BCUT2D eigenvalue weighted by molar-refractivity contribution is 0.450. The van der Waals surface area contributed by atoms with Gasteiger partial charge in [0.25, 0.3) is 0 Å². The van der Waals surface area contributed by atoms with E-state index in [1.807, 2.05) is 26.0 Å². The van der Waals surface area contributed by atoms with E-state index in [0.717, 1.165) is 16.9 Å². The van der Waals surface area contributed by atoms with Crippen molar-refractivity contribution in [1.29, 1.82) is 0 Å². The Balaban J connectivity index is 2.24. The lowest BCUT2D eigenvalue weighted by Gasteiger charge is -2.10. The summed E-state index contributed by atoms with van der Waals surface area (Å²) < 4.78 is 5.75. The van der Waals surface area contributed by atoms with Gasteiger partial charge in [-0.1, -0.05) is 37.6 Å². The van der Waals surface area contributed by atoms with Gasteiger partial charge < -0.3 is 4.74 Å². The lowest BCUT2D eigenvalue weighted by atomic mass is 10.0. The molecule has 0 saturated heterocycles. The van der Waals surface area contributed by atoms with Crippen molar-refractivity contribution in [2.24, 2.45) is 0 Å². The molecule has 4 heteroatoms. The minimum Gasteiger partial charge on any atom is -0.437 e. The van der Waals surface area contributed by atoms with Gasteiger partial charge in [0.2, 0.25) is 5.88 Å². The van der Waals surface area contributed by atoms with E-state index in [4.69, 9.17) is 16.3 Å². The molecule has 19 heavy (non-hydrogen) atoms. The molecule has 0 atom stereocenters. The zero-order chi connectivity index (χ0) is 14.0. The third-order valence-corrected chi connectivity index (χ3v) is 3.54. The van der Waals surface area contributed by atoms with Gasteiger partial charge in [0.1, 0.15) is 5.75 Å². The first-order chi connectivity index (χ1) is 8.99. The first-order valence-corrected chi connectivity index (χ1v) is 6.64. The van der Waals surface area contributed by atoms with E-state index >= 15 is 0 Å². The molecule has 100 valence electrons. The summed E-state index contributed by atoms with van der Waals surface area (Å²) in [7, 11) is 0. The number of rotatable bonds is 3. The second-order valence-electron chi connectivity index (χ2n) is 4.87. The summed E-state index contributed by atoms with van der Waals surface area (Å²) in [5.41, 5.74) is 3.08. The van der Waals surface area contributed by atoms with E-state index in [0.29, 0.717) is 17.0 Å². The minimum absolute atomic E-state index is 0.417. The van der Waals surface area contributed by atoms with Crippen molar-refractivity contribution in [2.75, 3.05) is 0 Å². The molecule has 0 spiro atoms. The average molecular weight is 277 g/mol. The predicted molar refractivity (Wildman–Crippen MR) is 77.1 cm³/mol. The molecule has 0 radical (unpaired) electrons. The van der Waals surface area contributed by atoms with Crippen LogP contribution in [-0.4, -0.2) is 10.2 Å². The largest absolute Gasteiger partial charge is 0.437 e. The van der Waals surface area contributed by atoms with Crippen LogP contribution in [0.1, 0.15) is 36.5 Å². The molecule has 0 fully saturated rings. The number of nitrogens with zero attached hydrogens (tertiary/aromatic N) is 2. The van der Waals surface area contributed by atoms with Crippen LogP contribution in [0.25, 0.3) is 0 Å². The number of halogens is 1. The van der Waals surface area contributed by atoms with Crippen molar-refractivity contribution >= 4 is 11.6 Å². The van der Waals surface area contributed by atoms with Crippen LogP contribution in [0.15, 0.2) is 24.3 Å². The summed E-state index contributed by atoms with van der Waals surface area (Å²) in [6, 6.07) is 8.01. The molecule has 0 saturated carbocycles. The number of hydrogen-bond acceptors (Lipinski definition) is 3. The van der Waals surface area contributed by atoms with E-state index in [2.05, 4.69) is 36.2 Å². The summed E-state index contributed by atoms with van der Waals surface area (Å²) in [5, 5.41) is 8.28. The standard InChI is InChI=1S/C15H17ClN2O/c1-9(2)12-5-7-13(8-6-12)19-15-11(4)10(3)14(16)17-18-15/h5-9H,1-4H3. The predicted octanol–water partition coefficient (Wildman–Crippen LogP) is 4.66. The Kier molecular flexibility index (Phi) is 4.05. The second-order valence-corrected chi connectivity index (χ2v) is 5.23. The second kappa shape index (κ2) is 5.57. The monoisotopic (exact) mass is 276 g/mol. The van der Waals surface area contributed by atoms with E-state index in [1.54, 1.807) is 0 Å². The molecule has 1 aromatic heterocycles. The molecule has 2 aromatic rings. The van der Waals surface area contributed by atoms with Crippen molar-refractivity contribution in [3.63, 3.8) is 0 Å². The van der Waals surface area contributed by atoms with E-state index in [-0.39, 0.29) is 0 Å². The molecule has 3 nitrogen and oxygen atoms in total. The van der Waals surface area contributed by atoms with Crippen LogP contribution in [0.3, 0.4) is 0 Å². The summed E-state index contributed by atoms with van der Waals surface area (Å²) in [6.07, 6.45) is 0. The third kappa shape index (κ3) is 3.04. The van der Waals surface area contributed by atoms with Gasteiger partial charge in [-0.25, -0.2) is 0 Å². The molecule has 1 aromatic carbocycles. The topological polar surface area (TPSA) is 35.0 Å². The Labute approximate surface area is 118 Å². The zero-order valence-corrected chi connectivity index (χ0v) is 12.3. The number of benzene rings is 1. The quantitative estimate of drug-likeness (QED) is 0.818. The van der Waals surface area contributed by atoms with Crippen LogP contribution in [0.5, 0.6) is 11.6 Å². The third-order valence-electron chi connectivity index (χ3n) is 3.18. The maximum Gasteiger partial charge on any atom is 0.242 e. The van der Waals surface area contributed by atoms with E-state index in [9.17, 15) is 0 Å². The Morgan fingerprint density at radius 1 is 1.00 bits per heavy atom. The molecule has 0 bridgehead atoms. The van der Waals surface area contributed by atoms with Gasteiger partial charge in [0.05, 0.1) is 0 Å². The van der Waals surface area contributed by atoms with Gasteiger partial charge in [0, 0.05) is 5.56 Å². The smallest absolute Gasteiger partial charge is 0.242 e. The summed E-state index contributed by atoms with van der Waals surface area (Å²) >= 11 is 5.92. The van der Waals surface area contributed by atoms with Crippen LogP contribution < -0.4 is 4.74 Å². The SMILES string of the molecule is Cc1c(Cl)nnc(Oc2ccc(C(C)C)cc2)c1C. The van der Waals surface area contributed by atoms with Crippen molar-refractivity contribution in [3.8, 4) is 11.6 Å². The summed E-state index contributed by atoms with van der Waals surface area (Å²) in [4.78, 5) is 0. The van der Waals surface area contributed by atoms with Gasteiger partial charge in [-0.05, 0) is 43.0 Å². The maximum absolute atomic E-state index is 5.92. The van der Waals surface area contributed by atoms with Crippen LogP contribution in [0.2, 0.25) is 5.15 Å². The number of aromatic nitrogens is 2. The normalized spacial score (nSPS) is 10.8. The molecule has 0 aliphatic rings. The number of ether oxygens (including phenoxy) is 1. The average Bonchev–Trinajstić information content (AvgIpc) is 2.40. The van der Waals surface area contributed by atoms with Crippen molar-refractivity contribution in [1.82, 2.24) is 10.2 Å². The Morgan fingerprint density at radius 3 is 2.21 bits per heavy atom. The van der Waals surface area contributed by atoms with Gasteiger partial charge in [0.15, 0.2) is 5.15 Å². The van der Waals surface area contributed by atoms with Crippen LogP contribution in [0, 0.1) is 13.8 Å². The van der Waals surface area contributed by atoms with Crippen LogP contribution in [0.4, 0.5) is 0 Å². The fourth-order valence-electron chi connectivity index (χ4n) is 1.68. The van der Waals surface area contributed by atoms with Crippen molar-refractivity contribution in [3.05, 3.63) is 46.1 Å². The molecule has 1 heterocycles. The zero-order valence-electron chi connectivity index (χ0n) is 11.6. The molecule has 0 aliphatic carbocycles. The van der Waals surface area contributed by atoms with Gasteiger partial charge in [-0.15, -0.1) is 10.2 Å². The molecule has 0 unspecified atom stereocenters. The van der Waals surface area contributed by atoms with E-state index < -0.39 is 0 Å². The minimum atomic E-state index is 0.417. The Bertz CT molecular complexity index is 579. The molecule has 0 aliphatic heterocycles. The van der Waals surface area contributed by atoms with Gasteiger partial charge >= 0.3 is 0 Å². The highest BCUT2D eigenvalue weighted by Gasteiger charge is 2.10. The first kappa shape index (κ1) is 13.8. The highest BCUT2D eigenvalue weighted by atomic mass is 35.5. The number of hydrogen-bond donors (Lipinski definition) is 0. The fraction of sp³-hybridized carbons (Fsp3) is 0.333. The molecule has 0 amide bonds. The van der Waals surface area contributed by atoms with Gasteiger partial charge in [-0.2, -0.15) is 0 Å². The highest BCUT2D eigenvalue weighted by molar-refractivity contribution is 6.30. The Morgan fingerprint density at radius 2 is 1.63 bits per heavy atom. The van der Waals surface area contributed by atoms with Crippen LogP contribution in [-0.2, 0) is 0 Å². The van der Waals surface area contributed by atoms with Gasteiger partial charge in [-0.3, -0.25) is 0 Å². The Hall–Kier alpha value is -1.61. The molecule has 2 rings (SSSR count). The van der Waals surface area contributed by atoms with Crippen molar-refractivity contribution < 1.29 is 4.74 Å². The molecule has 0 N–H and O–H groups in total.